The van der Waals surface area contributed by atoms with Crippen LogP contribution in [0.3, 0.4) is 0 Å². The lowest BCUT2D eigenvalue weighted by Gasteiger charge is -2.11. The molecular formula is C18H21Br2NO3. The monoisotopic (exact) mass is 457 g/mol. The van der Waals surface area contributed by atoms with Gasteiger partial charge in [0.1, 0.15) is 5.75 Å². The van der Waals surface area contributed by atoms with E-state index in [-0.39, 0.29) is 0 Å². The van der Waals surface area contributed by atoms with E-state index in [9.17, 15) is 0 Å². The van der Waals surface area contributed by atoms with Gasteiger partial charge < -0.3 is 19.5 Å². The maximum atomic E-state index is 5.33. The second-order valence-electron chi connectivity index (χ2n) is 5.21. The molecule has 0 amide bonds. The van der Waals surface area contributed by atoms with E-state index in [0.717, 1.165) is 45.7 Å². The summed E-state index contributed by atoms with van der Waals surface area (Å²) in [5.41, 5.74) is 2.39. The summed E-state index contributed by atoms with van der Waals surface area (Å²) < 4.78 is 17.8. The molecule has 2 aromatic carbocycles. The van der Waals surface area contributed by atoms with Gasteiger partial charge in [-0.2, -0.15) is 0 Å². The maximum absolute atomic E-state index is 5.33. The minimum Gasteiger partial charge on any atom is -0.494 e. The van der Waals surface area contributed by atoms with Crippen LogP contribution in [-0.2, 0) is 13.0 Å². The molecule has 2 aromatic rings. The van der Waals surface area contributed by atoms with E-state index < -0.39 is 0 Å². The molecular weight excluding hydrogens is 438 g/mol. The van der Waals surface area contributed by atoms with Crippen LogP contribution in [0.25, 0.3) is 0 Å². The van der Waals surface area contributed by atoms with Crippen LogP contribution in [0.2, 0.25) is 0 Å². The standard InChI is InChI=1S/C18H21Br2NO3/c1-22-16-5-4-12(10-17(16)23-2)6-7-21-11-13-8-14(19)18(24-3)15(20)9-13/h4-5,8-10,21H,6-7,11H2,1-3H3. The molecule has 130 valence electrons. The Morgan fingerprint density at radius 2 is 1.50 bits per heavy atom. The highest BCUT2D eigenvalue weighted by molar-refractivity contribution is 9.11. The molecule has 0 atom stereocenters. The minimum atomic E-state index is 0.752. The van der Waals surface area contributed by atoms with Gasteiger partial charge in [-0.05, 0) is 80.2 Å². The smallest absolute Gasteiger partial charge is 0.160 e. The molecule has 0 spiro atoms. The zero-order valence-corrected chi connectivity index (χ0v) is 17.2. The van der Waals surface area contributed by atoms with Gasteiger partial charge in [0.2, 0.25) is 0 Å². The molecule has 0 radical (unpaired) electrons. The summed E-state index contributed by atoms with van der Waals surface area (Å²) in [6.07, 6.45) is 0.916. The van der Waals surface area contributed by atoms with Gasteiger partial charge >= 0.3 is 0 Å². The van der Waals surface area contributed by atoms with Crippen LogP contribution in [0.15, 0.2) is 39.3 Å². The van der Waals surface area contributed by atoms with Crippen molar-refractivity contribution in [1.29, 1.82) is 0 Å². The van der Waals surface area contributed by atoms with Gasteiger partial charge in [0.05, 0.1) is 30.3 Å². The average Bonchev–Trinajstić information content (AvgIpc) is 2.58. The Hall–Kier alpha value is -1.24. The van der Waals surface area contributed by atoms with Crippen LogP contribution in [0.5, 0.6) is 17.2 Å². The third kappa shape index (κ3) is 4.88. The molecule has 1 N–H and O–H groups in total. The lowest BCUT2D eigenvalue weighted by atomic mass is 10.1. The number of hydrogen-bond donors (Lipinski definition) is 1. The van der Waals surface area contributed by atoms with E-state index in [0.29, 0.717) is 0 Å². The molecule has 2 rings (SSSR count). The number of methoxy groups -OCH3 is 3. The van der Waals surface area contributed by atoms with Crippen molar-refractivity contribution in [3.8, 4) is 17.2 Å². The molecule has 0 aliphatic rings. The summed E-state index contributed by atoms with van der Waals surface area (Å²) in [4.78, 5) is 0. The van der Waals surface area contributed by atoms with E-state index in [1.807, 2.05) is 12.1 Å². The van der Waals surface area contributed by atoms with E-state index in [4.69, 9.17) is 14.2 Å². The zero-order chi connectivity index (χ0) is 17.5. The van der Waals surface area contributed by atoms with Crippen LogP contribution in [-0.4, -0.2) is 27.9 Å². The lowest BCUT2D eigenvalue weighted by Crippen LogP contribution is -2.16. The maximum Gasteiger partial charge on any atom is 0.160 e. The molecule has 6 heteroatoms. The molecule has 0 aliphatic heterocycles. The van der Waals surface area contributed by atoms with Gasteiger partial charge in [-0.3, -0.25) is 0 Å². The number of nitrogens with one attached hydrogen (secondary N) is 1. The Bertz CT molecular complexity index is 669. The van der Waals surface area contributed by atoms with Crippen molar-refractivity contribution in [2.75, 3.05) is 27.9 Å². The Morgan fingerprint density at radius 3 is 2.08 bits per heavy atom. The van der Waals surface area contributed by atoms with Crippen LogP contribution in [0, 0.1) is 0 Å². The number of benzene rings is 2. The topological polar surface area (TPSA) is 39.7 Å². The van der Waals surface area contributed by atoms with Crippen molar-refractivity contribution < 1.29 is 14.2 Å². The van der Waals surface area contributed by atoms with Crippen LogP contribution in [0.1, 0.15) is 11.1 Å². The molecule has 0 unspecified atom stereocenters. The first kappa shape index (κ1) is 19.1. The lowest BCUT2D eigenvalue weighted by molar-refractivity contribution is 0.354. The van der Waals surface area contributed by atoms with Crippen LogP contribution in [0.4, 0.5) is 0 Å². The first-order valence-electron chi connectivity index (χ1n) is 7.52. The third-order valence-corrected chi connectivity index (χ3v) is 4.81. The Labute approximate surface area is 159 Å². The predicted molar refractivity (Wildman–Crippen MR) is 103 cm³/mol. The molecule has 0 aromatic heterocycles. The van der Waals surface area contributed by atoms with Gasteiger partial charge in [0, 0.05) is 6.54 Å². The largest absolute Gasteiger partial charge is 0.494 e. The quantitative estimate of drug-likeness (QED) is 0.588. The fraction of sp³-hybridized carbons (Fsp3) is 0.333. The molecule has 0 aliphatic carbocycles. The van der Waals surface area contributed by atoms with E-state index in [1.165, 1.54) is 11.1 Å². The van der Waals surface area contributed by atoms with E-state index >= 15 is 0 Å². The highest BCUT2D eigenvalue weighted by atomic mass is 79.9. The second kappa shape index (κ2) is 9.30. The minimum absolute atomic E-state index is 0.752. The second-order valence-corrected chi connectivity index (χ2v) is 6.92. The number of rotatable bonds is 8. The molecule has 0 bridgehead atoms. The fourth-order valence-corrected chi connectivity index (χ4v) is 4.02. The number of halogens is 2. The van der Waals surface area contributed by atoms with Crippen molar-refractivity contribution in [3.05, 3.63) is 50.4 Å². The summed E-state index contributed by atoms with van der Waals surface area (Å²) in [6, 6.07) is 10.1. The Balaban J connectivity index is 1.89. The summed E-state index contributed by atoms with van der Waals surface area (Å²) in [7, 11) is 4.95. The van der Waals surface area contributed by atoms with Gasteiger partial charge in [0.25, 0.3) is 0 Å². The number of ether oxygens (including phenoxy) is 3. The normalized spacial score (nSPS) is 10.5. The molecule has 0 saturated carbocycles. The van der Waals surface area contributed by atoms with E-state index in [1.54, 1.807) is 21.3 Å². The summed E-state index contributed by atoms with van der Waals surface area (Å²) in [5.74, 6) is 2.32. The highest BCUT2D eigenvalue weighted by Gasteiger charge is 2.08. The fourth-order valence-electron chi connectivity index (χ4n) is 2.41. The van der Waals surface area contributed by atoms with Crippen LogP contribution >= 0.6 is 31.9 Å². The zero-order valence-electron chi connectivity index (χ0n) is 14.0. The average molecular weight is 459 g/mol. The predicted octanol–water partition coefficient (Wildman–Crippen LogP) is 4.57. The van der Waals surface area contributed by atoms with Crippen molar-refractivity contribution in [3.63, 3.8) is 0 Å². The third-order valence-electron chi connectivity index (χ3n) is 3.63. The van der Waals surface area contributed by atoms with Gasteiger partial charge in [-0.1, -0.05) is 6.07 Å². The van der Waals surface area contributed by atoms with Crippen molar-refractivity contribution >= 4 is 31.9 Å². The van der Waals surface area contributed by atoms with Gasteiger partial charge in [-0.15, -0.1) is 0 Å². The molecule has 4 nitrogen and oxygen atoms in total. The SMILES string of the molecule is COc1ccc(CCNCc2cc(Br)c(OC)c(Br)c2)cc1OC. The Kier molecular flexibility index (Phi) is 7.40. The van der Waals surface area contributed by atoms with Crippen LogP contribution < -0.4 is 19.5 Å². The summed E-state index contributed by atoms with van der Waals surface area (Å²) in [6.45, 7) is 1.66. The Morgan fingerprint density at radius 1 is 0.833 bits per heavy atom. The molecule has 0 saturated heterocycles. The molecule has 0 heterocycles. The summed E-state index contributed by atoms with van der Waals surface area (Å²) >= 11 is 7.05. The molecule has 24 heavy (non-hydrogen) atoms. The molecule has 0 fully saturated rings. The first-order chi connectivity index (χ1) is 11.6. The van der Waals surface area contributed by atoms with E-state index in [2.05, 4.69) is 55.4 Å². The first-order valence-corrected chi connectivity index (χ1v) is 9.11. The highest BCUT2D eigenvalue weighted by Crippen LogP contribution is 2.34. The number of hydrogen-bond acceptors (Lipinski definition) is 4. The summed E-state index contributed by atoms with van der Waals surface area (Å²) in [5, 5.41) is 3.45. The van der Waals surface area contributed by atoms with Gasteiger partial charge in [-0.25, -0.2) is 0 Å². The van der Waals surface area contributed by atoms with Crippen molar-refractivity contribution in [2.45, 2.75) is 13.0 Å². The van der Waals surface area contributed by atoms with Crippen molar-refractivity contribution in [2.24, 2.45) is 0 Å². The van der Waals surface area contributed by atoms with Crippen molar-refractivity contribution in [1.82, 2.24) is 5.32 Å². The van der Waals surface area contributed by atoms with Gasteiger partial charge in [0.15, 0.2) is 11.5 Å².